The zero-order chi connectivity index (χ0) is 15.5. The Hall–Kier alpha value is -2.01. The molecule has 116 valence electrons. The minimum atomic E-state index is -0.0817. The largest absolute Gasteiger partial charge is 0.490 e. The Bertz CT molecular complexity index is 646. The molecule has 1 saturated heterocycles. The fourth-order valence-corrected chi connectivity index (χ4v) is 2.64. The first-order chi connectivity index (χ1) is 10.6. The highest BCUT2D eigenvalue weighted by Gasteiger charge is 2.26. The molecule has 1 amide bonds. The van der Waals surface area contributed by atoms with Gasteiger partial charge in [-0.25, -0.2) is 0 Å². The maximum Gasteiger partial charge on any atom is 0.276 e. The van der Waals surface area contributed by atoms with Crippen molar-refractivity contribution in [3.8, 4) is 5.75 Å². The second kappa shape index (κ2) is 6.40. The number of nitrogens with zero attached hydrogens (tertiary/aromatic N) is 2. The number of piperidine rings is 1. The van der Waals surface area contributed by atoms with Crippen molar-refractivity contribution in [2.75, 3.05) is 13.1 Å². The van der Waals surface area contributed by atoms with Gasteiger partial charge in [0.05, 0.1) is 0 Å². The molecule has 0 saturated carbocycles. The van der Waals surface area contributed by atoms with Gasteiger partial charge in [-0.1, -0.05) is 16.8 Å². The quantitative estimate of drug-likeness (QED) is 0.870. The van der Waals surface area contributed by atoms with E-state index in [0.717, 1.165) is 18.6 Å². The molecule has 0 N–H and O–H groups in total. The van der Waals surface area contributed by atoms with Crippen LogP contribution in [0, 0.1) is 6.92 Å². The second-order valence-electron chi connectivity index (χ2n) is 5.39. The predicted octanol–water partition coefficient (Wildman–Crippen LogP) is 3.32. The number of amides is 1. The van der Waals surface area contributed by atoms with E-state index in [9.17, 15) is 4.79 Å². The molecule has 0 unspecified atom stereocenters. The number of rotatable bonds is 3. The minimum absolute atomic E-state index is 0.0817. The van der Waals surface area contributed by atoms with E-state index in [0.29, 0.717) is 29.6 Å². The maximum atomic E-state index is 12.3. The zero-order valence-electron chi connectivity index (χ0n) is 12.3. The van der Waals surface area contributed by atoms with Crippen LogP contribution in [0.1, 0.15) is 29.1 Å². The average molecular weight is 321 g/mol. The molecule has 2 heterocycles. The number of hydrogen-bond donors (Lipinski definition) is 0. The van der Waals surface area contributed by atoms with Crippen LogP contribution in [0.15, 0.2) is 34.9 Å². The molecule has 2 aromatic rings. The standard InChI is InChI=1S/C16H17ClN2O3/c1-11-10-15(18-22-11)16(20)19-8-6-14(7-9-19)21-13-4-2-12(17)3-5-13/h2-5,10,14H,6-9H2,1H3. The fraction of sp³-hybridized carbons (Fsp3) is 0.375. The third-order valence-electron chi connectivity index (χ3n) is 3.69. The number of aromatic nitrogens is 1. The Kier molecular flexibility index (Phi) is 4.34. The van der Waals surface area contributed by atoms with Crippen molar-refractivity contribution >= 4 is 17.5 Å². The number of ether oxygens (including phenoxy) is 1. The van der Waals surface area contributed by atoms with Crippen molar-refractivity contribution in [3.63, 3.8) is 0 Å². The summed E-state index contributed by atoms with van der Waals surface area (Å²) in [5.41, 5.74) is 0.370. The molecule has 0 atom stereocenters. The molecule has 0 radical (unpaired) electrons. The van der Waals surface area contributed by atoms with Crippen LogP contribution in [0.25, 0.3) is 0 Å². The molecule has 1 aliphatic heterocycles. The van der Waals surface area contributed by atoms with Crippen molar-refractivity contribution in [1.82, 2.24) is 10.1 Å². The van der Waals surface area contributed by atoms with E-state index in [1.807, 2.05) is 24.3 Å². The molecule has 22 heavy (non-hydrogen) atoms. The Morgan fingerprint density at radius 1 is 1.32 bits per heavy atom. The van der Waals surface area contributed by atoms with Gasteiger partial charge in [-0.05, 0) is 31.2 Å². The molecule has 1 aliphatic rings. The summed E-state index contributed by atoms with van der Waals surface area (Å²) < 4.78 is 10.9. The third-order valence-corrected chi connectivity index (χ3v) is 3.94. The summed E-state index contributed by atoms with van der Waals surface area (Å²) in [6.45, 7) is 3.09. The summed E-state index contributed by atoms with van der Waals surface area (Å²) in [5.74, 6) is 1.37. The topological polar surface area (TPSA) is 55.6 Å². The summed E-state index contributed by atoms with van der Waals surface area (Å²) in [6, 6.07) is 9.00. The first-order valence-electron chi connectivity index (χ1n) is 7.26. The van der Waals surface area contributed by atoms with Gasteiger partial charge in [-0.15, -0.1) is 0 Å². The Morgan fingerprint density at radius 3 is 2.59 bits per heavy atom. The average Bonchev–Trinajstić information content (AvgIpc) is 2.96. The first kappa shape index (κ1) is 14.9. The third kappa shape index (κ3) is 3.42. The number of carbonyl (C=O) groups is 1. The lowest BCUT2D eigenvalue weighted by Gasteiger charge is -2.31. The van der Waals surface area contributed by atoms with Gasteiger partial charge in [-0.2, -0.15) is 0 Å². The van der Waals surface area contributed by atoms with Crippen LogP contribution in [0.3, 0.4) is 0 Å². The lowest BCUT2D eigenvalue weighted by atomic mass is 10.1. The van der Waals surface area contributed by atoms with Crippen LogP contribution >= 0.6 is 11.6 Å². The van der Waals surface area contributed by atoms with Crippen LogP contribution in [0.4, 0.5) is 0 Å². The van der Waals surface area contributed by atoms with Gasteiger partial charge < -0.3 is 14.2 Å². The Morgan fingerprint density at radius 2 is 2.00 bits per heavy atom. The van der Waals surface area contributed by atoms with E-state index in [1.54, 1.807) is 17.9 Å². The molecule has 0 bridgehead atoms. The van der Waals surface area contributed by atoms with E-state index in [1.165, 1.54) is 0 Å². The smallest absolute Gasteiger partial charge is 0.276 e. The monoisotopic (exact) mass is 320 g/mol. The van der Waals surface area contributed by atoms with Crippen molar-refractivity contribution < 1.29 is 14.1 Å². The van der Waals surface area contributed by atoms with Crippen molar-refractivity contribution in [2.45, 2.75) is 25.9 Å². The highest BCUT2D eigenvalue weighted by atomic mass is 35.5. The highest BCUT2D eigenvalue weighted by molar-refractivity contribution is 6.30. The fourth-order valence-electron chi connectivity index (χ4n) is 2.51. The molecular weight excluding hydrogens is 304 g/mol. The first-order valence-corrected chi connectivity index (χ1v) is 7.64. The van der Waals surface area contributed by atoms with Crippen LogP contribution in [0.5, 0.6) is 5.75 Å². The number of carbonyl (C=O) groups excluding carboxylic acids is 1. The molecule has 1 aromatic carbocycles. The number of halogens is 1. The summed E-state index contributed by atoms with van der Waals surface area (Å²) >= 11 is 5.86. The Balaban J connectivity index is 1.54. The molecule has 1 aromatic heterocycles. The molecular formula is C16H17ClN2O3. The molecule has 3 rings (SSSR count). The maximum absolute atomic E-state index is 12.3. The number of likely N-dealkylation sites (tertiary alicyclic amines) is 1. The number of aryl methyl sites for hydroxylation is 1. The van der Waals surface area contributed by atoms with Gasteiger partial charge in [0, 0.05) is 37.0 Å². The Labute approximate surface area is 133 Å². The molecule has 0 aliphatic carbocycles. The number of hydrogen-bond acceptors (Lipinski definition) is 4. The lowest BCUT2D eigenvalue weighted by molar-refractivity contribution is 0.0586. The summed E-state index contributed by atoms with van der Waals surface area (Å²) in [6.07, 6.45) is 1.71. The van der Waals surface area contributed by atoms with Crippen molar-refractivity contribution in [3.05, 3.63) is 46.8 Å². The number of benzene rings is 1. The minimum Gasteiger partial charge on any atom is -0.490 e. The van der Waals surface area contributed by atoms with E-state index in [-0.39, 0.29) is 12.0 Å². The van der Waals surface area contributed by atoms with Crippen LogP contribution in [-0.2, 0) is 0 Å². The van der Waals surface area contributed by atoms with Crippen LogP contribution < -0.4 is 4.74 Å². The van der Waals surface area contributed by atoms with Gasteiger partial charge in [-0.3, -0.25) is 4.79 Å². The molecule has 0 spiro atoms. The van der Waals surface area contributed by atoms with Gasteiger partial charge >= 0.3 is 0 Å². The predicted molar refractivity (Wildman–Crippen MR) is 82.2 cm³/mol. The van der Waals surface area contributed by atoms with E-state index < -0.39 is 0 Å². The highest BCUT2D eigenvalue weighted by Crippen LogP contribution is 2.21. The summed E-state index contributed by atoms with van der Waals surface area (Å²) in [5, 5.41) is 4.47. The molecule has 5 nitrogen and oxygen atoms in total. The zero-order valence-corrected chi connectivity index (χ0v) is 13.0. The second-order valence-corrected chi connectivity index (χ2v) is 5.82. The van der Waals surface area contributed by atoms with Crippen molar-refractivity contribution in [2.24, 2.45) is 0 Å². The van der Waals surface area contributed by atoms with Crippen LogP contribution in [0.2, 0.25) is 5.02 Å². The summed E-state index contributed by atoms with van der Waals surface area (Å²) in [7, 11) is 0. The van der Waals surface area contributed by atoms with Gasteiger partial charge in [0.1, 0.15) is 17.6 Å². The van der Waals surface area contributed by atoms with Gasteiger partial charge in [0.25, 0.3) is 5.91 Å². The lowest BCUT2D eigenvalue weighted by Crippen LogP contribution is -2.41. The van der Waals surface area contributed by atoms with E-state index >= 15 is 0 Å². The van der Waals surface area contributed by atoms with Crippen LogP contribution in [-0.4, -0.2) is 35.2 Å². The van der Waals surface area contributed by atoms with Gasteiger partial charge in [0.15, 0.2) is 5.69 Å². The van der Waals surface area contributed by atoms with E-state index in [4.69, 9.17) is 20.9 Å². The molecule has 6 heteroatoms. The van der Waals surface area contributed by atoms with E-state index in [2.05, 4.69) is 5.16 Å². The van der Waals surface area contributed by atoms with Gasteiger partial charge in [0.2, 0.25) is 0 Å². The molecule has 1 fully saturated rings. The normalized spacial score (nSPS) is 15.8. The SMILES string of the molecule is Cc1cc(C(=O)N2CCC(Oc3ccc(Cl)cc3)CC2)no1. The summed E-state index contributed by atoms with van der Waals surface area (Å²) in [4.78, 5) is 14.1. The van der Waals surface area contributed by atoms with Crippen molar-refractivity contribution in [1.29, 1.82) is 0 Å².